The summed E-state index contributed by atoms with van der Waals surface area (Å²) < 4.78 is 44.0. The Morgan fingerprint density at radius 3 is 2.44 bits per heavy atom. The molecule has 0 nitrogen and oxygen atoms in total. The summed E-state index contributed by atoms with van der Waals surface area (Å²) in [6.07, 6.45) is 7.85. The molecular formula is C24H25F3. The SMILES string of the molecule is C=CCCc1ccc2cc(C(F)=C(F)C3CCC(C=C)CC3)ccc2c1F. The van der Waals surface area contributed by atoms with E-state index in [1.165, 1.54) is 12.1 Å². The standard InChI is InChI=1S/C24H25F3/c1-3-5-6-17-11-12-19-15-20(13-14-21(19)22(17)25)24(27)23(26)18-9-7-16(4-2)8-10-18/h3-4,11-16,18H,1-2,5-10H2. The van der Waals surface area contributed by atoms with Gasteiger partial charge in [0.05, 0.1) is 0 Å². The summed E-state index contributed by atoms with van der Waals surface area (Å²) in [6, 6.07) is 8.01. The predicted molar refractivity (Wildman–Crippen MR) is 107 cm³/mol. The molecule has 0 unspecified atom stereocenters. The van der Waals surface area contributed by atoms with Gasteiger partial charge in [0.15, 0.2) is 5.83 Å². The van der Waals surface area contributed by atoms with Gasteiger partial charge in [0.25, 0.3) is 0 Å². The zero-order valence-corrected chi connectivity index (χ0v) is 15.5. The molecule has 3 rings (SSSR count). The van der Waals surface area contributed by atoms with E-state index in [0.717, 1.165) is 12.8 Å². The topological polar surface area (TPSA) is 0 Å². The van der Waals surface area contributed by atoms with Gasteiger partial charge in [-0.2, -0.15) is 0 Å². The summed E-state index contributed by atoms with van der Waals surface area (Å²) in [6.45, 7) is 7.43. The van der Waals surface area contributed by atoms with Gasteiger partial charge in [-0.25, -0.2) is 13.2 Å². The average Bonchev–Trinajstić information content (AvgIpc) is 2.72. The number of allylic oxidation sites excluding steroid dienone is 3. The first kappa shape index (κ1) is 19.5. The van der Waals surface area contributed by atoms with Gasteiger partial charge >= 0.3 is 0 Å². The first-order valence-electron chi connectivity index (χ1n) is 9.55. The fourth-order valence-electron chi connectivity index (χ4n) is 3.85. The molecule has 142 valence electrons. The van der Waals surface area contributed by atoms with Crippen molar-refractivity contribution < 1.29 is 13.2 Å². The number of hydrogen-bond donors (Lipinski definition) is 0. The summed E-state index contributed by atoms with van der Waals surface area (Å²) in [4.78, 5) is 0. The molecule has 0 spiro atoms. The van der Waals surface area contributed by atoms with Gasteiger partial charge < -0.3 is 0 Å². The smallest absolute Gasteiger partial charge is 0.162 e. The van der Waals surface area contributed by atoms with Crippen LogP contribution in [-0.4, -0.2) is 0 Å². The summed E-state index contributed by atoms with van der Waals surface area (Å²) in [7, 11) is 0. The molecule has 2 aromatic carbocycles. The Kier molecular flexibility index (Phi) is 6.20. The van der Waals surface area contributed by atoms with Crippen LogP contribution in [0.2, 0.25) is 0 Å². The van der Waals surface area contributed by atoms with Crippen LogP contribution in [0.15, 0.2) is 61.5 Å². The van der Waals surface area contributed by atoms with E-state index in [9.17, 15) is 13.2 Å². The van der Waals surface area contributed by atoms with E-state index >= 15 is 0 Å². The maximum Gasteiger partial charge on any atom is 0.162 e. The Hall–Kier alpha value is -2.29. The van der Waals surface area contributed by atoms with Gasteiger partial charge in [0, 0.05) is 16.9 Å². The predicted octanol–water partition coefficient (Wildman–Crippen LogP) is 7.70. The Bertz CT molecular complexity index is 871. The number of aryl methyl sites for hydroxylation is 1. The molecule has 0 radical (unpaired) electrons. The van der Waals surface area contributed by atoms with Crippen LogP contribution in [0.4, 0.5) is 13.2 Å². The van der Waals surface area contributed by atoms with Gasteiger partial charge in [-0.15, -0.1) is 13.2 Å². The Labute approximate surface area is 159 Å². The second kappa shape index (κ2) is 8.60. The van der Waals surface area contributed by atoms with E-state index in [1.807, 2.05) is 6.08 Å². The van der Waals surface area contributed by atoms with E-state index in [4.69, 9.17) is 0 Å². The molecule has 2 aromatic rings. The summed E-state index contributed by atoms with van der Waals surface area (Å²) >= 11 is 0. The van der Waals surface area contributed by atoms with Gasteiger partial charge in [0.1, 0.15) is 11.6 Å². The minimum Gasteiger partial charge on any atom is -0.208 e. The highest BCUT2D eigenvalue weighted by Crippen LogP contribution is 2.38. The van der Waals surface area contributed by atoms with Crippen LogP contribution in [0.5, 0.6) is 0 Å². The van der Waals surface area contributed by atoms with Crippen LogP contribution in [0.1, 0.15) is 43.2 Å². The second-order valence-electron chi connectivity index (χ2n) is 7.31. The molecule has 0 aliphatic heterocycles. The second-order valence-corrected chi connectivity index (χ2v) is 7.31. The highest BCUT2D eigenvalue weighted by molar-refractivity contribution is 5.87. The maximum absolute atomic E-state index is 14.7. The van der Waals surface area contributed by atoms with Crippen LogP contribution in [-0.2, 0) is 6.42 Å². The van der Waals surface area contributed by atoms with E-state index in [2.05, 4.69) is 13.2 Å². The van der Waals surface area contributed by atoms with Crippen LogP contribution in [0, 0.1) is 17.7 Å². The van der Waals surface area contributed by atoms with Crippen molar-refractivity contribution in [1.29, 1.82) is 0 Å². The molecule has 0 aromatic heterocycles. The number of hydrogen-bond acceptors (Lipinski definition) is 0. The largest absolute Gasteiger partial charge is 0.208 e. The van der Waals surface area contributed by atoms with Crippen LogP contribution < -0.4 is 0 Å². The van der Waals surface area contributed by atoms with Crippen LogP contribution in [0.25, 0.3) is 16.6 Å². The minimum atomic E-state index is -0.824. The molecular weight excluding hydrogens is 345 g/mol. The molecule has 0 heterocycles. The molecule has 27 heavy (non-hydrogen) atoms. The molecule has 1 aliphatic rings. The highest BCUT2D eigenvalue weighted by atomic mass is 19.2. The molecule has 0 bridgehead atoms. The lowest BCUT2D eigenvalue weighted by Gasteiger charge is -2.25. The summed E-state index contributed by atoms with van der Waals surface area (Å²) in [5, 5.41) is 1.01. The fraction of sp³-hybridized carbons (Fsp3) is 0.333. The van der Waals surface area contributed by atoms with E-state index in [-0.39, 0.29) is 17.3 Å². The van der Waals surface area contributed by atoms with E-state index in [0.29, 0.717) is 47.9 Å². The first-order valence-corrected chi connectivity index (χ1v) is 9.55. The van der Waals surface area contributed by atoms with Crippen molar-refractivity contribution in [2.45, 2.75) is 38.5 Å². The Morgan fingerprint density at radius 2 is 1.78 bits per heavy atom. The van der Waals surface area contributed by atoms with Gasteiger partial charge in [-0.3, -0.25) is 0 Å². The van der Waals surface area contributed by atoms with Crippen molar-refractivity contribution in [2.75, 3.05) is 0 Å². The molecule has 1 aliphatic carbocycles. The van der Waals surface area contributed by atoms with Crippen LogP contribution in [0.3, 0.4) is 0 Å². The maximum atomic E-state index is 14.7. The lowest BCUT2D eigenvalue weighted by atomic mass is 9.81. The van der Waals surface area contributed by atoms with Crippen molar-refractivity contribution in [3.63, 3.8) is 0 Å². The fourth-order valence-corrected chi connectivity index (χ4v) is 3.85. The van der Waals surface area contributed by atoms with Crippen molar-refractivity contribution in [1.82, 2.24) is 0 Å². The summed E-state index contributed by atoms with van der Waals surface area (Å²) in [5.41, 5.74) is 0.778. The number of fused-ring (bicyclic) bond motifs is 1. The molecule has 1 saturated carbocycles. The van der Waals surface area contributed by atoms with Gasteiger partial charge in [-0.05, 0) is 61.5 Å². The van der Waals surface area contributed by atoms with Crippen LogP contribution >= 0.6 is 0 Å². The lowest BCUT2D eigenvalue weighted by molar-refractivity contribution is 0.305. The third kappa shape index (κ3) is 4.18. The Morgan fingerprint density at radius 1 is 1.04 bits per heavy atom. The van der Waals surface area contributed by atoms with E-state index < -0.39 is 11.7 Å². The number of halogens is 3. The molecule has 3 heteroatoms. The van der Waals surface area contributed by atoms with Crippen molar-refractivity contribution in [3.8, 4) is 0 Å². The monoisotopic (exact) mass is 370 g/mol. The first-order chi connectivity index (χ1) is 13.0. The Balaban J connectivity index is 1.87. The van der Waals surface area contributed by atoms with Crippen molar-refractivity contribution in [2.24, 2.45) is 11.8 Å². The highest BCUT2D eigenvalue weighted by Gasteiger charge is 2.26. The summed E-state index contributed by atoms with van der Waals surface area (Å²) in [5.74, 6) is -1.78. The molecule has 0 atom stereocenters. The molecule has 0 saturated heterocycles. The molecule has 1 fully saturated rings. The number of rotatable bonds is 6. The third-order valence-corrected chi connectivity index (χ3v) is 5.58. The lowest BCUT2D eigenvalue weighted by Crippen LogP contribution is -2.14. The van der Waals surface area contributed by atoms with Crippen molar-refractivity contribution >= 4 is 16.6 Å². The number of benzene rings is 2. The quantitative estimate of drug-likeness (QED) is 0.457. The zero-order valence-electron chi connectivity index (χ0n) is 15.5. The molecule has 0 N–H and O–H groups in total. The third-order valence-electron chi connectivity index (χ3n) is 5.58. The van der Waals surface area contributed by atoms with Gasteiger partial charge in [-0.1, -0.05) is 36.4 Å². The van der Waals surface area contributed by atoms with Crippen molar-refractivity contribution in [3.05, 3.63) is 78.4 Å². The molecule has 0 amide bonds. The average molecular weight is 370 g/mol. The minimum absolute atomic E-state index is 0.170. The normalized spacial score (nSPS) is 21.0. The zero-order chi connectivity index (χ0) is 19.4. The van der Waals surface area contributed by atoms with E-state index in [1.54, 1.807) is 24.3 Å². The van der Waals surface area contributed by atoms with Gasteiger partial charge in [0.2, 0.25) is 0 Å².